The van der Waals surface area contributed by atoms with E-state index in [1.807, 2.05) is 49.2 Å². The monoisotopic (exact) mass is 238 g/mol. The molecule has 0 bridgehead atoms. The molecule has 3 nitrogen and oxygen atoms in total. The molecule has 4 heteroatoms. The first-order chi connectivity index (χ1) is 7.58. The van der Waals surface area contributed by atoms with E-state index >= 15 is 0 Å². The van der Waals surface area contributed by atoms with Crippen molar-refractivity contribution in [1.29, 1.82) is 0 Å². The normalized spacial score (nSPS) is 25.3. The number of nitrogens with zero attached hydrogens (tertiary/aromatic N) is 2. The van der Waals surface area contributed by atoms with Crippen LogP contribution in [0.15, 0.2) is 30.3 Å². The maximum Gasteiger partial charge on any atom is 0.264 e. The van der Waals surface area contributed by atoms with Crippen molar-refractivity contribution in [2.75, 3.05) is 11.6 Å². The summed E-state index contributed by atoms with van der Waals surface area (Å²) < 4.78 is 1.21. The van der Waals surface area contributed by atoms with Gasteiger partial charge in [0, 0.05) is 11.8 Å². The summed E-state index contributed by atoms with van der Waals surface area (Å²) in [4.78, 5) is 12.0. The van der Waals surface area contributed by atoms with Gasteiger partial charge in [-0.3, -0.25) is 9.80 Å². The molecule has 16 heavy (non-hydrogen) atoms. The fourth-order valence-corrected chi connectivity index (χ4v) is 2.19. The molecule has 0 radical (unpaired) electrons. The Morgan fingerprint density at radius 3 is 2.50 bits per heavy atom. The molecule has 0 N–H and O–H groups in total. The molecule has 1 unspecified atom stereocenters. The van der Waals surface area contributed by atoms with Crippen molar-refractivity contribution in [1.82, 2.24) is 4.53 Å². The summed E-state index contributed by atoms with van der Waals surface area (Å²) in [5, 5.41) is 1.81. The maximum absolute atomic E-state index is 12.0. The van der Waals surface area contributed by atoms with Gasteiger partial charge < -0.3 is 0 Å². The fraction of sp³-hybridized carbons (Fsp3) is 0.417. The molecule has 1 aromatic carbocycles. The van der Waals surface area contributed by atoms with E-state index in [1.54, 1.807) is 0 Å². The van der Waals surface area contributed by atoms with Crippen LogP contribution in [0.3, 0.4) is 0 Å². The molecule has 0 spiro atoms. The molecule has 0 aliphatic carbocycles. The summed E-state index contributed by atoms with van der Waals surface area (Å²) in [5.41, 5.74) is 0.570. The molecule has 1 aliphatic heterocycles. The van der Waals surface area contributed by atoms with Gasteiger partial charge in [0.15, 0.2) is 0 Å². The topological polar surface area (TPSA) is 23.6 Å². The van der Waals surface area contributed by atoms with Crippen molar-refractivity contribution in [2.45, 2.75) is 20.3 Å². The third-order valence-electron chi connectivity index (χ3n) is 3.23. The summed E-state index contributed by atoms with van der Waals surface area (Å²) >= 11 is 6.04. The fourth-order valence-electron chi connectivity index (χ4n) is 1.85. The van der Waals surface area contributed by atoms with Crippen LogP contribution in [0.2, 0.25) is 0 Å². The lowest BCUT2D eigenvalue weighted by atomic mass is 9.88. The maximum atomic E-state index is 12.0. The van der Waals surface area contributed by atoms with Gasteiger partial charge in [0.2, 0.25) is 0 Å². The summed E-state index contributed by atoms with van der Waals surface area (Å²) in [6.07, 6.45) is 0.790. The molecule has 86 valence electrons. The number of amides is 1. The molecule has 0 saturated carbocycles. The summed E-state index contributed by atoms with van der Waals surface area (Å²) in [6.45, 7) is 4.60. The number of hydrogen-bond acceptors (Lipinski definition) is 2. The van der Waals surface area contributed by atoms with Gasteiger partial charge in [-0.15, -0.1) is 0 Å². The van der Waals surface area contributed by atoms with Gasteiger partial charge in [-0.1, -0.05) is 25.1 Å². The first kappa shape index (κ1) is 11.3. The second-order valence-electron chi connectivity index (χ2n) is 4.37. The summed E-state index contributed by atoms with van der Waals surface area (Å²) in [6, 6.07) is 9.71. The predicted molar refractivity (Wildman–Crippen MR) is 64.9 cm³/mol. The third-order valence-corrected chi connectivity index (χ3v) is 3.57. The minimum absolute atomic E-state index is 0.0273. The molecular formula is C12H15ClN2O. The highest BCUT2D eigenvalue weighted by atomic mass is 35.5. The van der Waals surface area contributed by atoms with E-state index in [2.05, 4.69) is 0 Å². The lowest BCUT2D eigenvalue weighted by molar-refractivity contribution is -0.131. The zero-order valence-corrected chi connectivity index (χ0v) is 10.2. The molecule has 1 aromatic rings. The minimum atomic E-state index is -0.377. The lowest BCUT2D eigenvalue weighted by Gasteiger charge is -2.22. The summed E-state index contributed by atoms with van der Waals surface area (Å²) in [7, 11) is 0. The van der Waals surface area contributed by atoms with E-state index < -0.39 is 0 Å². The molecule has 0 aromatic heterocycles. The Bertz CT molecular complexity index is 395. The smallest absolute Gasteiger partial charge is 0.264 e. The van der Waals surface area contributed by atoms with Crippen molar-refractivity contribution in [2.24, 2.45) is 5.41 Å². The molecule has 1 amide bonds. The summed E-state index contributed by atoms with van der Waals surface area (Å²) in [5.74, 6) is -0.0273. The number of carbonyl (C=O) groups is 1. The van der Waals surface area contributed by atoms with Gasteiger partial charge >= 0.3 is 0 Å². The Balaban J connectivity index is 2.30. The second-order valence-corrected chi connectivity index (χ2v) is 4.69. The quantitative estimate of drug-likeness (QED) is 0.740. The first-order valence-corrected chi connectivity index (χ1v) is 5.75. The highest BCUT2D eigenvalue weighted by Crippen LogP contribution is 2.36. The number of para-hydroxylation sites is 1. The SMILES string of the molecule is CCC1(C)CN(c2ccccc2)N(Cl)C1=O. The van der Waals surface area contributed by atoms with Gasteiger partial charge in [0.1, 0.15) is 0 Å². The highest BCUT2D eigenvalue weighted by molar-refractivity contribution is 6.23. The number of carbonyl (C=O) groups excluding carboxylic acids is 1. The van der Waals surface area contributed by atoms with Gasteiger partial charge in [0.05, 0.1) is 17.6 Å². The number of hydrogen-bond donors (Lipinski definition) is 0. The van der Waals surface area contributed by atoms with E-state index in [1.165, 1.54) is 4.53 Å². The molecule has 1 saturated heterocycles. The average Bonchev–Trinajstić information content (AvgIpc) is 2.56. The van der Waals surface area contributed by atoms with Crippen LogP contribution in [-0.2, 0) is 4.79 Å². The van der Waals surface area contributed by atoms with Crippen LogP contribution in [0.5, 0.6) is 0 Å². The molecule has 1 atom stereocenters. The number of hydrazine groups is 1. The number of rotatable bonds is 2. The van der Waals surface area contributed by atoms with E-state index in [0.29, 0.717) is 6.54 Å². The average molecular weight is 239 g/mol. The van der Waals surface area contributed by atoms with Crippen molar-refractivity contribution in [3.8, 4) is 0 Å². The van der Waals surface area contributed by atoms with Crippen molar-refractivity contribution in [3.63, 3.8) is 0 Å². The Labute approximate surface area is 101 Å². The van der Waals surface area contributed by atoms with E-state index in [0.717, 1.165) is 12.1 Å². The Hall–Kier alpha value is -1.22. The Kier molecular flexibility index (Phi) is 2.80. The van der Waals surface area contributed by atoms with E-state index in [-0.39, 0.29) is 11.3 Å². The van der Waals surface area contributed by atoms with Crippen LogP contribution >= 0.6 is 11.8 Å². The Morgan fingerprint density at radius 1 is 1.38 bits per heavy atom. The molecule has 1 heterocycles. The third kappa shape index (κ3) is 1.65. The largest absolute Gasteiger partial charge is 0.271 e. The van der Waals surface area contributed by atoms with Crippen LogP contribution in [0.4, 0.5) is 5.69 Å². The second kappa shape index (κ2) is 3.98. The van der Waals surface area contributed by atoms with Gasteiger partial charge in [-0.2, -0.15) is 4.53 Å². The minimum Gasteiger partial charge on any atom is -0.271 e. The first-order valence-electron chi connectivity index (χ1n) is 5.41. The van der Waals surface area contributed by atoms with E-state index in [9.17, 15) is 4.79 Å². The molecule has 1 aliphatic rings. The van der Waals surface area contributed by atoms with Crippen molar-refractivity contribution in [3.05, 3.63) is 30.3 Å². The molecular weight excluding hydrogens is 224 g/mol. The van der Waals surface area contributed by atoms with Crippen LogP contribution in [0, 0.1) is 5.41 Å². The zero-order chi connectivity index (χ0) is 11.8. The van der Waals surface area contributed by atoms with Crippen LogP contribution in [0.25, 0.3) is 0 Å². The number of halogens is 1. The predicted octanol–water partition coefficient (Wildman–Crippen LogP) is 2.82. The Morgan fingerprint density at radius 2 is 2.00 bits per heavy atom. The van der Waals surface area contributed by atoms with Crippen LogP contribution in [-0.4, -0.2) is 17.0 Å². The van der Waals surface area contributed by atoms with Gasteiger partial charge in [-0.25, -0.2) is 0 Å². The van der Waals surface area contributed by atoms with Crippen LogP contribution in [0.1, 0.15) is 20.3 Å². The van der Waals surface area contributed by atoms with Crippen molar-refractivity contribution >= 4 is 23.4 Å². The van der Waals surface area contributed by atoms with Gasteiger partial charge in [0.25, 0.3) is 5.91 Å². The van der Waals surface area contributed by atoms with Gasteiger partial charge in [-0.05, 0) is 25.5 Å². The molecule has 1 fully saturated rings. The van der Waals surface area contributed by atoms with Crippen molar-refractivity contribution < 1.29 is 4.79 Å². The standard InChI is InChI=1S/C12H15ClN2O/c1-3-12(2)9-14(15(13)11(12)16)10-7-5-4-6-8-10/h4-8H,3,9H2,1-2H3. The lowest BCUT2D eigenvalue weighted by Crippen LogP contribution is -2.31. The van der Waals surface area contributed by atoms with E-state index in [4.69, 9.17) is 11.8 Å². The molecule has 2 rings (SSSR count). The number of benzene rings is 1. The van der Waals surface area contributed by atoms with Crippen LogP contribution < -0.4 is 5.01 Å². The zero-order valence-electron chi connectivity index (χ0n) is 9.48. The number of anilines is 1. The highest BCUT2D eigenvalue weighted by Gasteiger charge is 2.46.